The number of carboxylic acids is 1. The second kappa shape index (κ2) is 4.21. The molecule has 2 N–H and O–H groups in total. The SMILES string of the molecule is O=C(O)c1ccc(-c2cc(=O)cc[nH]2)cc1F. The van der Waals surface area contributed by atoms with E-state index in [4.69, 9.17) is 5.11 Å². The molecule has 86 valence electrons. The molecule has 0 saturated heterocycles. The number of hydrogen-bond donors (Lipinski definition) is 2. The number of aromatic amines is 1. The van der Waals surface area contributed by atoms with E-state index >= 15 is 0 Å². The second-order valence-electron chi connectivity index (χ2n) is 3.44. The smallest absolute Gasteiger partial charge is 0.338 e. The van der Waals surface area contributed by atoms with E-state index in [1.807, 2.05) is 0 Å². The zero-order valence-corrected chi connectivity index (χ0v) is 8.61. The van der Waals surface area contributed by atoms with Crippen LogP contribution >= 0.6 is 0 Å². The van der Waals surface area contributed by atoms with Crippen molar-refractivity contribution >= 4 is 5.97 Å². The quantitative estimate of drug-likeness (QED) is 0.831. The molecule has 4 nitrogen and oxygen atoms in total. The van der Waals surface area contributed by atoms with Crippen LogP contribution in [0.3, 0.4) is 0 Å². The third-order valence-electron chi connectivity index (χ3n) is 2.28. The number of H-pyrrole nitrogens is 1. The van der Waals surface area contributed by atoms with Gasteiger partial charge in [-0.25, -0.2) is 9.18 Å². The summed E-state index contributed by atoms with van der Waals surface area (Å²) in [7, 11) is 0. The number of hydrogen-bond acceptors (Lipinski definition) is 2. The lowest BCUT2D eigenvalue weighted by Crippen LogP contribution is -2.02. The van der Waals surface area contributed by atoms with E-state index in [1.165, 1.54) is 24.4 Å². The molecule has 1 heterocycles. The summed E-state index contributed by atoms with van der Waals surface area (Å²) < 4.78 is 13.4. The van der Waals surface area contributed by atoms with Gasteiger partial charge in [0.05, 0.1) is 5.56 Å². The predicted molar refractivity (Wildman–Crippen MR) is 59.4 cm³/mol. The summed E-state index contributed by atoms with van der Waals surface area (Å²) in [6, 6.07) is 6.34. The Balaban J connectivity index is 2.52. The molecule has 1 aromatic carbocycles. The van der Waals surface area contributed by atoms with Crippen LogP contribution in [-0.2, 0) is 0 Å². The van der Waals surface area contributed by atoms with Crippen LogP contribution in [0.15, 0.2) is 41.3 Å². The summed E-state index contributed by atoms with van der Waals surface area (Å²) in [6.45, 7) is 0. The molecule has 0 bridgehead atoms. The highest BCUT2D eigenvalue weighted by Gasteiger charge is 2.11. The molecule has 0 spiro atoms. The number of aromatic nitrogens is 1. The minimum absolute atomic E-state index is 0.207. The molecule has 17 heavy (non-hydrogen) atoms. The van der Waals surface area contributed by atoms with E-state index in [-0.39, 0.29) is 5.43 Å². The summed E-state index contributed by atoms with van der Waals surface area (Å²) in [6.07, 6.45) is 1.45. The van der Waals surface area contributed by atoms with Crippen molar-refractivity contribution in [2.45, 2.75) is 0 Å². The van der Waals surface area contributed by atoms with Gasteiger partial charge in [0.15, 0.2) is 5.43 Å². The van der Waals surface area contributed by atoms with E-state index < -0.39 is 17.3 Å². The van der Waals surface area contributed by atoms with Crippen LogP contribution in [0.25, 0.3) is 11.3 Å². The van der Waals surface area contributed by atoms with Crippen molar-refractivity contribution in [1.82, 2.24) is 4.98 Å². The summed E-state index contributed by atoms with van der Waals surface area (Å²) in [5, 5.41) is 8.67. The van der Waals surface area contributed by atoms with Crippen molar-refractivity contribution in [1.29, 1.82) is 0 Å². The van der Waals surface area contributed by atoms with Gasteiger partial charge in [0, 0.05) is 29.6 Å². The third-order valence-corrected chi connectivity index (χ3v) is 2.28. The van der Waals surface area contributed by atoms with Crippen molar-refractivity contribution in [3.05, 3.63) is 58.1 Å². The maximum Gasteiger partial charge on any atom is 0.338 e. The molecule has 0 unspecified atom stereocenters. The molecule has 0 aliphatic carbocycles. The van der Waals surface area contributed by atoms with E-state index in [2.05, 4.69) is 4.98 Å². The molecule has 0 amide bonds. The fraction of sp³-hybridized carbons (Fsp3) is 0. The Morgan fingerprint density at radius 1 is 1.24 bits per heavy atom. The standard InChI is InChI=1S/C12H8FNO3/c13-10-5-7(1-2-9(10)12(16)17)11-6-8(15)3-4-14-11/h1-6H,(H,14,15)(H,16,17). The summed E-state index contributed by atoms with van der Waals surface area (Å²) in [4.78, 5) is 24.5. The van der Waals surface area contributed by atoms with Crippen LogP contribution in [0, 0.1) is 5.82 Å². The Kier molecular flexibility index (Phi) is 2.74. The zero-order chi connectivity index (χ0) is 12.4. The van der Waals surface area contributed by atoms with Crippen molar-refractivity contribution in [3.63, 3.8) is 0 Å². The van der Waals surface area contributed by atoms with Crippen LogP contribution < -0.4 is 5.43 Å². The van der Waals surface area contributed by atoms with Gasteiger partial charge in [-0.05, 0) is 12.1 Å². The number of aromatic carboxylic acids is 1. The van der Waals surface area contributed by atoms with Crippen molar-refractivity contribution in [2.75, 3.05) is 0 Å². The van der Waals surface area contributed by atoms with E-state index in [9.17, 15) is 14.0 Å². The van der Waals surface area contributed by atoms with Crippen LogP contribution in [-0.4, -0.2) is 16.1 Å². The van der Waals surface area contributed by atoms with Crippen molar-refractivity contribution in [3.8, 4) is 11.3 Å². The monoisotopic (exact) mass is 233 g/mol. The second-order valence-corrected chi connectivity index (χ2v) is 3.44. The molecule has 2 aromatic rings. The first kappa shape index (κ1) is 11.1. The van der Waals surface area contributed by atoms with Gasteiger partial charge in [-0.3, -0.25) is 4.79 Å². The number of benzene rings is 1. The number of carbonyl (C=O) groups is 1. The Morgan fingerprint density at radius 2 is 2.00 bits per heavy atom. The van der Waals surface area contributed by atoms with Crippen LogP contribution in [0.4, 0.5) is 4.39 Å². The minimum Gasteiger partial charge on any atom is -0.478 e. The fourth-order valence-electron chi connectivity index (χ4n) is 1.47. The normalized spacial score (nSPS) is 10.2. The summed E-state index contributed by atoms with van der Waals surface area (Å²) >= 11 is 0. The van der Waals surface area contributed by atoms with E-state index in [0.717, 1.165) is 12.1 Å². The van der Waals surface area contributed by atoms with E-state index in [1.54, 1.807) is 0 Å². The molecular weight excluding hydrogens is 225 g/mol. The minimum atomic E-state index is -1.32. The highest BCUT2D eigenvalue weighted by Crippen LogP contribution is 2.18. The average molecular weight is 233 g/mol. The molecule has 1 aromatic heterocycles. The first-order chi connectivity index (χ1) is 8.08. The summed E-state index contributed by atoms with van der Waals surface area (Å²) in [5.74, 6) is -2.16. The number of halogens is 1. The number of rotatable bonds is 2. The molecule has 2 rings (SSSR count). The fourth-order valence-corrected chi connectivity index (χ4v) is 1.47. The molecule has 0 fully saturated rings. The zero-order valence-electron chi connectivity index (χ0n) is 8.61. The average Bonchev–Trinajstić information content (AvgIpc) is 2.28. The Morgan fingerprint density at radius 3 is 2.59 bits per heavy atom. The van der Waals surface area contributed by atoms with Gasteiger partial charge in [-0.1, -0.05) is 6.07 Å². The molecule has 0 aliphatic rings. The van der Waals surface area contributed by atoms with Crippen molar-refractivity contribution in [2.24, 2.45) is 0 Å². The van der Waals surface area contributed by atoms with Gasteiger partial charge in [0.2, 0.25) is 0 Å². The summed E-state index contributed by atoms with van der Waals surface area (Å²) in [5.41, 5.74) is 0.257. The number of carboxylic acid groups (broad SMARTS) is 1. The third kappa shape index (κ3) is 2.23. The molecule has 0 saturated carbocycles. The first-order valence-electron chi connectivity index (χ1n) is 4.80. The Bertz CT molecular complexity index is 634. The Labute approximate surface area is 95.4 Å². The van der Waals surface area contributed by atoms with E-state index in [0.29, 0.717) is 11.3 Å². The maximum absolute atomic E-state index is 13.4. The number of pyridine rings is 1. The first-order valence-corrected chi connectivity index (χ1v) is 4.80. The van der Waals surface area contributed by atoms with Gasteiger partial charge in [0.25, 0.3) is 0 Å². The molecule has 5 heteroatoms. The van der Waals surface area contributed by atoms with Crippen LogP contribution in [0.1, 0.15) is 10.4 Å². The number of nitrogens with one attached hydrogen (secondary N) is 1. The van der Waals surface area contributed by atoms with Crippen LogP contribution in [0.5, 0.6) is 0 Å². The van der Waals surface area contributed by atoms with Gasteiger partial charge >= 0.3 is 5.97 Å². The largest absolute Gasteiger partial charge is 0.478 e. The van der Waals surface area contributed by atoms with Gasteiger partial charge < -0.3 is 10.1 Å². The molecular formula is C12H8FNO3. The predicted octanol–water partition coefficient (Wildman–Crippen LogP) is 1.88. The lowest BCUT2D eigenvalue weighted by atomic mass is 10.1. The topological polar surface area (TPSA) is 70.2 Å². The van der Waals surface area contributed by atoms with Gasteiger partial charge in [0.1, 0.15) is 5.82 Å². The van der Waals surface area contributed by atoms with Crippen LogP contribution in [0.2, 0.25) is 0 Å². The molecule has 0 atom stereocenters. The highest BCUT2D eigenvalue weighted by atomic mass is 19.1. The molecule has 0 aliphatic heterocycles. The maximum atomic E-state index is 13.4. The lowest BCUT2D eigenvalue weighted by molar-refractivity contribution is 0.0692. The van der Waals surface area contributed by atoms with Gasteiger partial charge in [-0.2, -0.15) is 0 Å². The Hall–Kier alpha value is -2.43. The highest BCUT2D eigenvalue weighted by molar-refractivity contribution is 5.88. The van der Waals surface area contributed by atoms with Crippen molar-refractivity contribution < 1.29 is 14.3 Å². The lowest BCUT2D eigenvalue weighted by Gasteiger charge is -2.03. The molecule has 0 radical (unpaired) electrons. The van der Waals surface area contributed by atoms with Gasteiger partial charge in [-0.15, -0.1) is 0 Å².